The third-order valence-electron chi connectivity index (χ3n) is 2.89. The Bertz CT molecular complexity index is 291. The molecule has 2 rings (SSSR count). The molecule has 70 valence electrons. The van der Waals surface area contributed by atoms with E-state index in [-0.39, 0.29) is 0 Å². The van der Waals surface area contributed by atoms with Gasteiger partial charge in [0, 0.05) is 6.04 Å². The zero-order chi connectivity index (χ0) is 9.42. The van der Waals surface area contributed by atoms with E-state index in [9.17, 15) is 0 Å². The monoisotopic (exact) mass is 175 g/mol. The minimum Gasteiger partial charge on any atom is -0.328 e. The van der Waals surface area contributed by atoms with Gasteiger partial charge in [-0.2, -0.15) is 0 Å². The first-order valence-electron chi connectivity index (χ1n) is 4.99. The smallest absolute Gasteiger partial charge is 0.00504 e. The largest absolute Gasteiger partial charge is 0.328 e. The average Bonchev–Trinajstić information content (AvgIpc) is 1.96. The van der Waals surface area contributed by atoms with E-state index in [0.29, 0.717) is 6.04 Å². The van der Waals surface area contributed by atoms with E-state index in [4.69, 9.17) is 5.73 Å². The molecule has 0 unspecified atom stereocenters. The summed E-state index contributed by atoms with van der Waals surface area (Å²) in [6.45, 7) is 4.32. The lowest BCUT2D eigenvalue weighted by Gasteiger charge is -2.33. The van der Waals surface area contributed by atoms with Crippen molar-refractivity contribution in [2.24, 2.45) is 5.73 Å². The average molecular weight is 175 g/mol. The van der Waals surface area contributed by atoms with Crippen LogP contribution in [0.4, 0.5) is 0 Å². The number of hydrogen-bond donors (Lipinski definition) is 1. The molecular weight excluding hydrogens is 158 g/mol. The van der Waals surface area contributed by atoms with Gasteiger partial charge in [-0.3, -0.25) is 0 Å². The lowest BCUT2D eigenvalue weighted by molar-refractivity contribution is 0.351. The molecule has 13 heavy (non-hydrogen) atoms. The van der Waals surface area contributed by atoms with Crippen molar-refractivity contribution < 1.29 is 0 Å². The zero-order valence-electron chi connectivity index (χ0n) is 8.38. The maximum atomic E-state index is 5.78. The standard InChI is InChI=1S/C12H17N/c1-8-3-9(2)5-10(4-8)11-6-12(13)7-11/h3-5,11-12H,6-7,13H2,1-2H3. The Balaban J connectivity index is 2.21. The molecule has 0 atom stereocenters. The molecule has 1 heteroatoms. The van der Waals surface area contributed by atoms with Crippen LogP contribution in [0.1, 0.15) is 35.4 Å². The quantitative estimate of drug-likeness (QED) is 0.697. The van der Waals surface area contributed by atoms with Crippen molar-refractivity contribution >= 4 is 0 Å². The predicted octanol–water partition coefficient (Wildman–Crippen LogP) is 2.51. The van der Waals surface area contributed by atoms with Crippen LogP contribution in [0, 0.1) is 13.8 Å². The topological polar surface area (TPSA) is 26.0 Å². The van der Waals surface area contributed by atoms with E-state index in [1.54, 1.807) is 0 Å². The second-order valence-electron chi connectivity index (χ2n) is 4.35. The highest BCUT2D eigenvalue weighted by Gasteiger charge is 2.27. The lowest BCUT2D eigenvalue weighted by atomic mass is 9.76. The lowest BCUT2D eigenvalue weighted by Crippen LogP contribution is -2.34. The van der Waals surface area contributed by atoms with Crippen LogP contribution in [-0.2, 0) is 0 Å². The summed E-state index contributed by atoms with van der Waals surface area (Å²) in [5.74, 6) is 0.730. The van der Waals surface area contributed by atoms with Gasteiger partial charge in [0.25, 0.3) is 0 Å². The molecule has 1 nitrogen and oxygen atoms in total. The van der Waals surface area contributed by atoms with Crippen LogP contribution in [0.25, 0.3) is 0 Å². The van der Waals surface area contributed by atoms with E-state index in [1.807, 2.05) is 0 Å². The molecule has 0 spiro atoms. The van der Waals surface area contributed by atoms with Crippen LogP contribution >= 0.6 is 0 Å². The van der Waals surface area contributed by atoms with E-state index in [2.05, 4.69) is 32.0 Å². The minimum absolute atomic E-state index is 0.450. The first-order valence-corrected chi connectivity index (χ1v) is 4.99. The second-order valence-corrected chi connectivity index (χ2v) is 4.35. The summed E-state index contributed by atoms with van der Waals surface area (Å²) in [5, 5.41) is 0. The Kier molecular flexibility index (Phi) is 2.12. The maximum Gasteiger partial charge on any atom is 0.00504 e. The molecule has 0 aliphatic heterocycles. The zero-order valence-corrected chi connectivity index (χ0v) is 8.38. The van der Waals surface area contributed by atoms with Crippen LogP contribution in [0.15, 0.2) is 18.2 Å². The molecule has 0 bridgehead atoms. The summed E-state index contributed by atoms with van der Waals surface area (Å²) in [6.07, 6.45) is 2.34. The Labute approximate surface area is 80.0 Å². The second kappa shape index (κ2) is 3.15. The number of hydrogen-bond acceptors (Lipinski definition) is 1. The van der Waals surface area contributed by atoms with Crippen LogP contribution < -0.4 is 5.73 Å². The molecule has 0 radical (unpaired) electrons. The van der Waals surface area contributed by atoms with Gasteiger partial charge in [-0.15, -0.1) is 0 Å². The fourth-order valence-corrected chi connectivity index (χ4v) is 2.18. The van der Waals surface area contributed by atoms with Gasteiger partial charge in [-0.05, 0) is 38.2 Å². The molecule has 0 amide bonds. The summed E-state index contributed by atoms with van der Waals surface area (Å²) >= 11 is 0. The van der Waals surface area contributed by atoms with Crippen LogP contribution in [0.3, 0.4) is 0 Å². The molecule has 1 fully saturated rings. The van der Waals surface area contributed by atoms with Crippen LogP contribution in [-0.4, -0.2) is 6.04 Å². The van der Waals surface area contributed by atoms with Gasteiger partial charge in [-0.1, -0.05) is 29.3 Å². The van der Waals surface area contributed by atoms with Crippen LogP contribution in [0.2, 0.25) is 0 Å². The third kappa shape index (κ3) is 1.75. The Morgan fingerprint density at radius 2 is 1.62 bits per heavy atom. The van der Waals surface area contributed by atoms with Crippen molar-refractivity contribution in [3.8, 4) is 0 Å². The van der Waals surface area contributed by atoms with Gasteiger partial charge in [0.2, 0.25) is 0 Å². The third-order valence-corrected chi connectivity index (χ3v) is 2.89. The number of aryl methyl sites for hydroxylation is 2. The summed E-state index contributed by atoms with van der Waals surface area (Å²) < 4.78 is 0. The predicted molar refractivity (Wildman–Crippen MR) is 55.9 cm³/mol. The van der Waals surface area contributed by atoms with Crippen molar-refractivity contribution in [1.82, 2.24) is 0 Å². The van der Waals surface area contributed by atoms with E-state index in [1.165, 1.54) is 29.5 Å². The molecule has 1 saturated carbocycles. The highest BCUT2D eigenvalue weighted by molar-refractivity contribution is 5.32. The van der Waals surface area contributed by atoms with Crippen molar-refractivity contribution in [3.63, 3.8) is 0 Å². The van der Waals surface area contributed by atoms with Gasteiger partial charge in [0.05, 0.1) is 0 Å². The highest BCUT2D eigenvalue weighted by Crippen LogP contribution is 2.36. The van der Waals surface area contributed by atoms with Gasteiger partial charge in [-0.25, -0.2) is 0 Å². The van der Waals surface area contributed by atoms with Crippen molar-refractivity contribution in [1.29, 1.82) is 0 Å². The molecule has 1 aliphatic carbocycles. The van der Waals surface area contributed by atoms with Crippen molar-refractivity contribution in [3.05, 3.63) is 34.9 Å². The van der Waals surface area contributed by atoms with Gasteiger partial charge in [0.1, 0.15) is 0 Å². The van der Waals surface area contributed by atoms with Crippen molar-refractivity contribution in [2.45, 2.75) is 38.6 Å². The van der Waals surface area contributed by atoms with E-state index < -0.39 is 0 Å². The molecule has 1 aromatic carbocycles. The molecule has 1 aromatic rings. The first-order chi connectivity index (χ1) is 6.15. The van der Waals surface area contributed by atoms with Crippen LogP contribution in [0.5, 0.6) is 0 Å². The molecule has 0 aromatic heterocycles. The molecular formula is C12H17N. The number of rotatable bonds is 1. The molecule has 0 saturated heterocycles. The van der Waals surface area contributed by atoms with E-state index in [0.717, 1.165) is 5.92 Å². The normalized spacial score (nSPS) is 27.0. The SMILES string of the molecule is Cc1cc(C)cc(C2CC(N)C2)c1. The summed E-state index contributed by atoms with van der Waals surface area (Å²) in [4.78, 5) is 0. The Hall–Kier alpha value is -0.820. The highest BCUT2D eigenvalue weighted by atomic mass is 14.7. The summed E-state index contributed by atoms with van der Waals surface area (Å²) in [5.41, 5.74) is 10.0. The number of nitrogens with two attached hydrogens (primary N) is 1. The number of benzene rings is 1. The van der Waals surface area contributed by atoms with Crippen molar-refractivity contribution in [2.75, 3.05) is 0 Å². The molecule has 1 aliphatic rings. The summed E-state index contributed by atoms with van der Waals surface area (Å²) in [7, 11) is 0. The van der Waals surface area contributed by atoms with Gasteiger partial charge >= 0.3 is 0 Å². The Morgan fingerprint density at radius 3 is 2.08 bits per heavy atom. The first kappa shape index (κ1) is 8.76. The van der Waals surface area contributed by atoms with Gasteiger partial charge < -0.3 is 5.73 Å². The van der Waals surface area contributed by atoms with E-state index >= 15 is 0 Å². The fourth-order valence-electron chi connectivity index (χ4n) is 2.18. The molecule has 0 heterocycles. The Morgan fingerprint density at radius 1 is 1.08 bits per heavy atom. The molecule has 2 N–H and O–H groups in total. The minimum atomic E-state index is 0.450. The van der Waals surface area contributed by atoms with Gasteiger partial charge in [0.15, 0.2) is 0 Å². The fraction of sp³-hybridized carbons (Fsp3) is 0.500. The maximum absolute atomic E-state index is 5.78. The summed E-state index contributed by atoms with van der Waals surface area (Å²) in [6, 6.07) is 7.26.